The molecule has 0 aliphatic carbocycles. The van der Waals surface area contributed by atoms with E-state index in [4.69, 9.17) is 9.84 Å². The van der Waals surface area contributed by atoms with Gasteiger partial charge < -0.3 is 4.74 Å². The van der Waals surface area contributed by atoms with Gasteiger partial charge in [-0.3, -0.25) is 0 Å². The number of hydrogen-bond acceptors (Lipinski definition) is 5. The minimum atomic E-state index is 0.506. The van der Waals surface area contributed by atoms with Crippen molar-refractivity contribution in [2.75, 3.05) is 7.11 Å². The number of aromatic nitrogens is 3. The molecule has 0 spiro atoms. The van der Waals surface area contributed by atoms with Gasteiger partial charge in [-0.1, -0.05) is 30.3 Å². The number of hydrogen-bond donors (Lipinski definition) is 0. The third-order valence-electron chi connectivity index (χ3n) is 4.40. The van der Waals surface area contributed by atoms with Gasteiger partial charge in [0.25, 0.3) is 0 Å². The predicted octanol–water partition coefficient (Wildman–Crippen LogP) is 5.38. The van der Waals surface area contributed by atoms with Gasteiger partial charge in [-0.2, -0.15) is 10.4 Å². The molecule has 0 unspecified atom stereocenters. The molecule has 29 heavy (non-hydrogen) atoms. The summed E-state index contributed by atoms with van der Waals surface area (Å²) in [6, 6.07) is 19.9. The summed E-state index contributed by atoms with van der Waals surface area (Å²) in [6.45, 7) is 1.92. The van der Waals surface area contributed by atoms with E-state index in [2.05, 4.69) is 11.1 Å². The summed E-state index contributed by atoms with van der Waals surface area (Å²) in [7, 11) is 1.64. The molecule has 0 fully saturated rings. The van der Waals surface area contributed by atoms with Gasteiger partial charge in [0, 0.05) is 28.4 Å². The number of rotatable bonds is 5. The second-order valence-corrected chi connectivity index (χ2v) is 7.24. The Morgan fingerprint density at radius 2 is 1.90 bits per heavy atom. The fourth-order valence-corrected chi connectivity index (χ4v) is 3.79. The Hall–Kier alpha value is -3.69. The molecule has 6 heteroatoms. The number of allylic oxidation sites excluding steroid dienone is 1. The maximum absolute atomic E-state index is 9.73. The molecule has 0 amide bonds. The molecule has 0 saturated carbocycles. The van der Waals surface area contributed by atoms with E-state index in [1.807, 2.05) is 83.9 Å². The lowest BCUT2D eigenvalue weighted by Crippen LogP contribution is -1.94. The molecule has 5 nitrogen and oxygen atoms in total. The Kier molecular flexibility index (Phi) is 5.23. The molecule has 0 saturated heterocycles. The summed E-state index contributed by atoms with van der Waals surface area (Å²) in [5.74, 6) is 0.726. The fraction of sp³-hybridized carbons (Fsp3) is 0.0870. The standard InChI is InChI=1S/C23H18N4OS/c1-16-15-29-23(25-16)17(13-24)12-18-14-27(19-8-4-3-5-9-19)26-22(18)20-10-6-7-11-21(20)28-2/h3-12,14-15H,1-2H3/b17-12+. The Balaban J connectivity index is 1.91. The van der Waals surface area contributed by atoms with Crippen LogP contribution < -0.4 is 4.74 Å². The molecule has 4 rings (SSSR count). The van der Waals surface area contributed by atoms with E-state index in [1.165, 1.54) is 11.3 Å². The summed E-state index contributed by atoms with van der Waals surface area (Å²) in [6.07, 6.45) is 3.77. The van der Waals surface area contributed by atoms with E-state index in [0.29, 0.717) is 10.6 Å². The number of nitrogens with zero attached hydrogens (tertiary/aromatic N) is 4. The van der Waals surface area contributed by atoms with Crippen LogP contribution in [0.1, 0.15) is 16.3 Å². The lowest BCUT2D eigenvalue weighted by atomic mass is 10.1. The van der Waals surface area contributed by atoms with Crippen LogP contribution >= 0.6 is 11.3 Å². The number of para-hydroxylation sites is 2. The van der Waals surface area contributed by atoms with Gasteiger partial charge in [0.1, 0.15) is 22.5 Å². The molecule has 0 atom stereocenters. The van der Waals surface area contributed by atoms with Crippen LogP contribution in [-0.2, 0) is 0 Å². The van der Waals surface area contributed by atoms with Crippen LogP contribution in [-0.4, -0.2) is 21.9 Å². The van der Waals surface area contributed by atoms with Crippen molar-refractivity contribution in [2.45, 2.75) is 6.92 Å². The highest BCUT2D eigenvalue weighted by Crippen LogP contribution is 2.34. The quantitative estimate of drug-likeness (QED) is 0.424. The van der Waals surface area contributed by atoms with Crippen LogP contribution in [0.3, 0.4) is 0 Å². The highest BCUT2D eigenvalue weighted by atomic mass is 32.1. The molecular formula is C23H18N4OS. The van der Waals surface area contributed by atoms with Gasteiger partial charge in [0.2, 0.25) is 0 Å². The average molecular weight is 398 g/mol. The van der Waals surface area contributed by atoms with Crippen LogP contribution in [0.25, 0.3) is 28.6 Å². The van der Waals surface area contributed by atoms with Crippen molar-refractivity contribution in [1.29, 1.82) is 5.26 Å². The van der Waals surface area contributed by atoms with Gasteiger partial charge in [-0.25, -0.2) is 9.67 Å². The Morgan fingerprint density at radius 1 is 1.14 bits per heavy atom. The Bertz CT molecular complexity index is 1220. The SMILES string of the molecule is COc1ccccc1-c1nn(-c2ccccc2)cc1/C=C(\C#N)c1nc(C)cs1. The van der Waals surface area contributed by atoms with E-state index in [0.717, 1.165) is 34.0 Å². The monoisotopic (exact) mass is 398 g/mol. The van der Waals surface area contributed by atoms with E-state index in [9.17, 15) is 5.26 Å². The number of thiazole rings is 1. The van der Waals surface area contributed by atoms with Crippen molar-refractivity contribution < 1.29 is 4.74 Å². The minimum absolute atomic E-state index is 0.506. The molecule has 0 bridgehead atoms. The third kappa shape index (κ3) is 3.82. The van der Waals surface area contributed by atoms with E-state index in [-0.39, 0.29) is 0 Å². The first-order valence-corrected chi connectivity index (χ1v) is 9.90. The van der Waals surface area contributed by atoms with E-state index >= 15 is 0 Å². The topological polar surface area (TPSA) is 63.7 Å². The first-order chi connectivity index (χ1) is 14.2. The van der Waals surface area contributed by atoms with Crippen molar-refractivity contribution in [3.63, 3.8) is 0 Å². The molecule has 2 heterocycles. The van der Waals surface area contributed by atoms with Gasteiger partial charge in [0.15, 0.2) is 0 Å². The zero-order valence-electron chi connectivity index (χ0n) is 16.0. The van der Waals surface area contributed by atoms with Crippen molar-refractivity contribution in [3.8, 4) is 28.8 Å². The molecule has 2 aromatic heterocycles. The van der Waals surface area contributed by atoms with E-state index < -0.39 is 0 Å². The van der Waals surface area contributed by atoms with Crippen LogP contribution in [0.5, 0.6) is 5.75 Å². The number of nitriles is 1. The molecule has 0 aliphatic heterocycles. The van der Waals surface area contributed by atoms with Crippen LogP contribution in [0.15, 0.2) is 66.2 Å². The highest BCUT2D eigenvalue weighted by molar-refractivity contribution is 7.11. The van der Waals surface area contributed by atoms with E-state index in [1.54, 1.807) is 7.11 Å². The Labute approximate surface area is 173 Å². The fourth-order valence-electron chi connectivity index (χ4n) is 3.03. The molecule has 0 radical (unpaired) electrons. The minimum Gasteiger partial charge on any atom is -0.496 e. The van der Waals surface area contributed by atoms with Gasteiger partial charge in [0.05, 0.1) is 18.4 Å². The smallest absolute Gasteiger partial charge is 0.134 e. The van der Waals surface area contributed by atoms with Gasteiger partial charge in [-0.15, -0.1) is 11.3 Å². The predicted molar refractivity (Wildman–Crippen MR) is 116 cm³/mol. The molecule has 0 N–H and O–H groups in total. The summed E-state index contributed by atoms with van der Waals surface area (Å²) in [5, 5.41) is 17.2. The maximum atomic E-state index is 9.73. The van der Waals surface area contributed by atoms with Crippen LogP contribution in [0.4, 0.5) is 0 Å². The van der Waals surface area contributed by atoms with Crippen molar-refractivity contribution in [3.05, 3.63) is 82.4 Å². The summed E-state index contributed by atoms with van der Waals surface area (Å²) in [4.78, 5) is 4.45. The average Bonchev–Trinajstić information content (AvgIpc) is 3.39. The van der Waals surface area contributed by atoms with Crippen LogP contribution in [0.2, 0.25) is 0 Å². The number of aryl methyl sites for hydroxylation is 1. The number of benzene rings is 2. The van der Waals surface area contributed by atoms with Crippen molar-refractivity contribution >= 4 is 23.0 Å². The van der Waals surface area contributed by atoms with Crippen molar-refractivity contribution in [1.82, 2.24) is 14.8 Å². The second kappa shape index (κ2) is 8.13. The lowest BCUT2D eigenvalue weighted by molar-refractivity contribution is 0.416. The van der Waals surface area contributed by atoms with Crippen molar-refractivity contribution in [2.24, 2.45) is 0 Å². The summed E-state index contributed by atoms with van der Waals surface area (Å²) < 4.78 is 7.36. The number of methoxy groups -OCH3 is 1. The third-order valence-corrected chi connectivity index (χ3v) is 5.39. The Morgan fingerprint density at radius 3 is 2.59 bits per heavy atom. The normalized spacial score (nSPS) is 11.3. The number of ether oxygens (including phenoxy) is 1. The molecule has 142 valence electrons. The van der Waals surface area contributed by atoms with Gasteiger partial charge in [-0.05, 0) is 37.3 Å². The lowest BCUT2D eigenvalue weighted by Gasteiger charge is -2.06. The first kappa shape index (κ1) is 18.7. The molecule has 4 aromatic rings. The largest absolute Gasteiger partial charge is 0.496 e. The van der Waals surface area contributed by atoms with Crippen LogP contribution in [0, 0.1) is 18.3 Å². The zero-order chi connectivity index (χ0) is 20.2. The molecular weight excluding hydrogens is 380 g/mol. The maximum Gasteiger partial charge on any atom is 0.134 e. The summed E-state index contributed by atoms with van der Waals surface area (Å²) in [5.41, 5.74) is 4.77. The molecule has 2 aromatic carbocycles. The van der Waals surface area contributed by atoms with Gasteiger partial charge >= 0.3 is 0 Å². The second-order valence-electron chi connectivity index (χ2n) is 6.38. The zero-order valence-corrected chi connectivity index (χ0v) is 16.9. The first-order valence-electron chi connectivity index (χ1n) is 9.02. The summed E-state index contributed by atoms with van der Waals surface area (Å²) >= 11 is 1.46. The highest BCUT2D eigenvalue weighted by Gasteiger charge is 2.16. The molecule has 0 aliphatic rings.